The van der Waals surface area contributed by atoms with E-state index >= 15 is 0 Å². The Hall–Kier alpha value is -1.83. The minimum Gasteiger partial charge on any atom is -0.367 e. The Morgan fingerprint density at radius 3 is 2.53 bits per heavy atom. The molecule has 0 aliphatic carbocycles. The summed E-state index contributed by atoms with van der Waals surface area (Å²) in [4.78, 5) is 14.4. The van der Waals surface area contributed by atoms with E-state index in [0.29, 0.717) is 0 Å². The molecule has 2 aromatic rings. The SMILES string of the molecule is O=c1cc[nH]cc1CCc1ccccc1. The number of H-pyrrole nitrogens is 1. The number of aromatic nitrogens is 1. The van der Waals surface area contributed by atoms with Gasteiger partial charge in [-0.3, -0.25) is 4.79 Å². The molecule has 0 bridgehead atoms. The van der Waals surface area contributed by atoms with E-state index < -0.39 is 0 Å². The molecular weight excluding hydrogens is 186 g/mol. The maximum absolute atomic E-state index is 11.4. The van der Waals surface area contributed by atoms with E-state index in [1.54, 1.807) is 18.5 Å². The number of aryl methyl sites for hydroxylation is 2. The fourth-order valence-electron chi connectivity index (χ4n) is 1.57. The average Bonchev–Trinajstić information content (AvgIpc) is 2.29. The van der Waals surface area contributed by atoms with Crippen molar-refractivity contribution in [3.8, 4) is 0 Å². The van der Waals surface area contributed by atoms with Crippen LogP contribution in [0, 0.1) is 0 Å². The first kappa shape index (κ1) is 9.71. The van der Waals surface area contributed by atoms with Crippen LogP contribution in [0.4, 0.5) is 0 Å². The maximum atomic E-state index is 11.4. The number of benzene rings is 1. The smallest absolute Gasteiger partial charge is 0.184 e. The molecule has 0 unspecified atom stereocenters. The largest absolute Gasteiger partial charge is 0.367 e. The number of rotatable bonds is 3. The van der Waals surface area contributed by atoms with Crippen molar-refractivity contribution in [1.29, 1.82) is 0 Å². The van der Waals surface area contributed by atoms with E-state index in [0.717, 1.165) is 18.4 Å². The highest BCUT2D eigenvalue weighted by molar-refractivity contribution is 5.18. The molecule has 0 atom stereocenters. The zero-order chi connectivity index (χ0) is 10.5. The lowest BCUT2D eigenvalue weighted by Crippen LogP contribution is -2.08. The van der Waals surface area contributed by atoms with Crippen LogP contribution in [0.5, 0.6) is 0 Å². The highest BCUT2D eigenvalue weighted by Gasteiger charge is 1.98. The third-order valence-corrected chi connectivity index (χ3v) is 2.43. The van der Waals surface area contributed by atoms with Crippen LogP contribution in [0.3, 0.4) is 0 Å². The first-order chi connectivity index (χ1) is 7.36. The minimum atomic E-state index is 0.115. The van der Waals surface area contributed by atoms with Gasteiger partial charge in [-0.1, -0.05) is 30.3 Å². The number of hydrogen-bond acceptors (Lipinski definition) is 1. The molecule has 2 rings (SSSR count). The average molecular weight is 199 g/mol. The van der Waals surface area contributed by atoms with Gasteiger partial charge in [-0.2, -0.15) is 0 Å². The van der Waals surface area contributed by atoms with Gasteiger partial charge in [0.2, 0.25) is 0 Å². The maximum Gasteiger partial charge on any atom is 0.184 e. The van der Waals surface area contributed by atoms with Gasteiger partial charge in [0.25, 0.3) is 0 Å². The van der Waals surface area contributed by atoms with Gasteiger partial charge in [0.1, 0.15) is 0 Å². The first-order valence-corrected chi connectivity index (χ1v) is 5.06. The van der Waals surface area contributed by atoms with E-state index in [4.69, 9.17) is 0 Å². The monoisotopic (exact) mass is 199 g/mol. The zero-order valence-corrected chi connectivity index (χ0v) is 8.44. The first-order valence-electron chi connectivity index (χ1n) is 5.06. The van der Waals surface area contributed by atoms with Crippen molar-refractivity contribution >= 4 is 0 Å². The highest BCUT2D eigenvalue weighted by atomic mass is 16.1. The summed E-state index contributed by atoms with van der Waals surface area (Å²) in [5.41, 5.74) is 2.23. The third kappa shape index (κ3) is 2.56. The molecule has 1 N–H and O–H groups in total. The molecule has 2 heteroatoms. The van der Waals surface area contributed by atoms with Crippen LogP contribution in [0.1, 0.15) is 11.1 Å². The van der Waals surface area contributed by atoms with Crippen molar-refractivity contribution in [2.75, 3.05) is 0 Å². The van der Waals surface area contributed by atoms with Gasteiger partial charge in [0.15, 0.2) is 5.43 Å². The number of hydrogen-bond donors (Lipinski definition) is 1. The van der Waals surface area contributed by atoms with Crippen LogP contribution in [0.2, 0.25) is 0 Å². The Morgan fingerprint density at radius 2 is 1.80 bits per heavy atom. The van der Waals surface area contributed by atoms with Crippen LogP contribution in [-0.2, 0) is 12.8 Å². The lowest BCUT2D eigenvalue weighted by atomic mass is 10.1. The van der Waals surface area contributed by atoms with E-state index in [1.165, 1.54) is 5.56 Å². The number of nitrogens with one attached hydrogen (secondary N) is 1. The van der Waals surface area contributed by atoms with Crippen molar-refractivity contribution in [2.45, 2.75) is 12.8 Å². The minimum absolute atomic E-state index is 0.115. The summed E-state index contributed by atoms with van der Waals surface area (Å²) in [7, 11) is 0. The van der Waals surface area contributed by atoms with Crippen LogP contribution in [0.15, 0.2) is 53.6 Å². The lowest BCUT2D eigenvalue weighted by molar-refractivity contribution is 0.939. The summed E-state index contributed by atoms with van der Waals surface area (Å²) in [5, 5.41) is 0. The second kappa shape index (κ2) is 4.60. The summed E-state index contributed by atoms with van der Waals surface area (Å²) in [6.07, 6.45) is 5.15. The standard InChI is InChI=1S/C13H13NO/c15-13-8-9-14-10-12(13)7-6-11-4-2-1-3-5-11/h1-5,8-10H,6-7H2,(H,14,15). The van der Waals surface area contributed by atoms with Crippen molar-refractivity contribution < 1.29 is 0 Å². The van der Waals surface area contributed by atoms with Crippen molar-refractivity contribution in [3.63, 3.8) is 0 Å². The second-order valence-corrected chi connectivity index (χ2v) is 3.52. The number of pyridine rings is 1. The van der Waals surface area contributed by atoms with Crippen LogP contribution < -0.4 is 5.43 Å². The van der Waals surface area contributed by atoms with Gasteiger partial charge in [-0.25, -0.2) is 0 Å². The molecule has 2 nitrogen and oxygen atoms in total. The predicted molar refractivity (Wildman–Crippen MR) is 60.9 cm³/mol. The predicted octanol–water partition coefficient (Wildman–Crippen LogP) is 2.16. The zero-order valence-electron chi connectivity index (χ0n) is 8.44. The fraction of sp³-hybridized carbons (Fsp3) is 0.154. The van der Waals surface area contributed by atoms with Gasteiger partial charge >= 0.3 is 0 Å². The fourth-order valence-corrected chi connectivity index (χ4v) is 1.57. The topological polar surface area (TPSA) is 32.9 Å². The molecule has 76 valence electrons. The molecule has 0 aliphatic rings. The Bertz CT molecular complexity index is 473. The molecule has 0 aliphatic heterocycles. The molecule has 15 heavy (non-hydrogen) atoms. The quantitative estimate of drug-likeness (QED) is 0.807. The Labute approximate surface area is 88.6 Å². The summed E-state index contributed by atoms with van der Waals surface area (Å²) in [5.74, 6) is 0. The Kier molecular flexibility index (Phi) is 2.98. The molecule has 0 spiro atoms. The summed E-state index contributed by atoms with van der Waals surface area (Å²) in [6, 6.07) is 11.8. The van der Waals surface area contributed by atoms with Gasteiger partial charge < -0.3 is 4.98 Å². The highest BCUT2D eigenvalue weighted by Crippen LogP contribution is 2.03. The molecule has 1 heterocycles. The van der Waals surface area contributed by atoms with Crippen molar-refractivity contribution in [3.05, 3.63) is 70.1 Å². The summed E-state index contributed by atoms with van der Waals surface area (Å²) >= 11 is 0. The van der Waals surface area contributed by atoms with E-state index in [-0.39, 0.29) is 5.43 Å². The molecule has 0 saturated heterocycles. The Morgan fingerprint density at radius 1 is 1.00 bits per heavy atom. The van der Waals surface area contributed by atoms with E-state index in [9.17, 15) is 4.79 Å². The Balaban J connectivity index is 2.06. The second-order valence-electron chi connectivity index (χ2n) is 3.52. The van der Waals surface area contributed by atoms with Crippen LogP contribution in [-0.4, -0.2) is 4.98 Å². The molecular formula is C13H13NO. The van der Waals surface area contributed by atoms with Crippen molar-refractivity contribution in [1.82, 2.24) is 4.98 Å². The molecule has 0 fully saturated rings. The molecule has 1 aromatic heterocycles. The van der Waals surface area contributed by atoms with Gasteiger partial charge in [0, 0.05) is 24.0 Å². The van der Waals surface area contributed by atoms with Gasteiger partial charge in [-0.15, -0.1) is 0 Å². The molecule has 0 amide bonds. The van der Waals surface area contributed by atoms with E-state index in [1.807, 2.05) is 18.2 Å². The molecule has 0 radical (unpaired) electrons. The van der Waals surface area contributed by atoms with Crippen LogP contribution in [0.25, 0.3) is 0 Å². The molecule has 1 aromatic carbocycles. The third-order valence-electron chi connectivity index (χ3n) is 2.43. The van der Waals surface area contributed by atoms with Crippen molar-refractivity contribution in [2.24, 2.45) is 0 Å². The summed E-state index contributed by atoms with van der Waals surface area (Å²) < 4.78 is 0. The lowest BCUT2D eigenvalue weighted by Gasteiger charge is -2.00. The molecule has 0 saturated carbocycles. The van der Waals surface area contributed by atoms with Gasteiger partial charge in [-0.05, 0) is 18.4 Å². The van der Waals surface area contributed by atoms with Crippen LogP contribution >= 0.6 is 0 Å². The number of aromatic amines is 1. The van der Waals surface area contributed by atoms with Gasteiger partial charge in [0.05, 0.1) is 0 Å². The normalized spacial score (nSPS) is 10.1. The van der Waals surface area contributed by atoms with E-state index in [2.05, 4.69) is 17.1 Å². The summed E-state index contributed by atoms with van der Waals surface area (Å²) in [6.45, 7) is 0.